The van der Waals surface area contributed by atoms with E-state index in [4.69, 9.17) is 4.74 Å². The van der Waals surface area contributed by atoms with E-state index in [0.717, 1.165) is 0 Å². The van der Waals surface area contributed by atoms with Crippen molar-refractivity contribution in [3.8, 4) is 11.5 Å². The fraction of sp³-hybridized carbons (Fsp3) is 0.316. The Morgan fingerprint density at radius 2 is 1.81 bits per heavy atom. The molecule has 1 heterocycles. The van der Waals surface area contributed by atoms with Gasteiger partial charge in [0.2, 0.25) is 5.91 Å². The molecule has 0 unspecified atom stereocenters. The molecule has 1 amide bonds. The van der Waals surface area contributed by atoms with Crippen molar-refractivity contribution >= 4 is 21.4 Å². The second kappa shape index (κ2) is 7.47. The zero-order chi connectivity index (χ0) is 18.6. The monoisotopic (exact) mass is 374 g/mol. The topological polar surface area (TPSA) is 84.5 Å². The third-order valence-corrected chi connectivity index (χ3v) is 6.21. The molecule has 0 aliphatic carbocycles. The van der Waals surface area contributed by atoms with Crippen LogP contribution in [0.5, 0.6) is 11.5 Å². The number of nitrogens with one attached hydrogen (secondary N) is 2. The van der Waals surface area contributed by atoms with E-state index < -0.39 is 15.4 Å². The summed E-state index contributed by atoms with van der Waals surface area (Å²) in [6, 6.07) is 16.5. The lowest BCUT2D eigenvalue weighted by Crippen LogP contribution is -2.46. The van der Waals surface area contributed by atoms with Gasteiger partial charge >= 0.3 is 0 Å². The van der Waals surface area contributed by atoms with Crippen molar-refractivity contribution in [1.29, 1.82) is 0 Å². The van der Waals surface area contributed by atoms with Crippen molar-refractivity contribution in [2.75, 3.05) is 23.4 Å². The molecular weight excluding hydrogens is 352 g/mol. The number of carbonyl (C=O) groups excluding carboxylic acids is 1. The summed E-state index contributed by atoms with van der Waals surface area (Å²) < 4.78 is 29.1. The molecule has 2 N–H and O–H groups in total. The van der Waals surface area contributed by atoms with Crippen LogP contribution in [0.25, 0.3) is 0 Å². The molecule has 1 aliphatic heterocycles. The van der Waals surface area contributed by atoms with Crippen molar-refractivity contribution in [1.82, 2.24) is 5.32 Å². The molecule has 1 atom stereocenters. The molecule has 2 aromatic rings. The number of benzene rings is 2. The van der Waals surface area contributed by atoms with Crippen LogP contribution >= 0.6 is 0 Å². The molecule has 2 aromatic carbocycles. The number of hydrogen-bond acceptors (Lipinski definition) is 5. The zero-order valence-electron chi connectivity index (χ0n) is 14.6. The van der Waals surface area contributed by atoms with Crippen LogP contribution in [0.2, 0.25) is 0 Å². The van der Waals surface area contributed by atoms with Crippen LogP contribution in [0.15, 0.2) is 54.6 Å². The van der Waals surface area contributed by atoms with E-state index in [1.807, 2.05) is 49.4 Å². The van der Waals surface area contributed by atoms with E-state index in [1.165, 1.54) is 0 Å². The summed E-state index contributed by atoms with van der Waals surface area (Å²) in [4.78, 5) is 12.3. The Kier molecular flexibility index (Phi) is 5.29. The Balaban J connectivity index is 1.61. The lowest BCUT2D eigenvalue weighted by molar-refractivity contribution is -0.115. The summed E-state index contributed by atoms with van der Waals surface area (Å²) in [6.45, 7) is 1.86. The van der Waals surface area contributed by atoms with E-state index in [0.29, 0.717) is 23.6 Å². The summed E-state index contributed by atoms with van der Waals surface area (Å²) in [6.07, 6.45) is 0.510. The highest BCUT2D eigenvalue weighted by molar-refractivity contribution is 7.91. The average Bonchev–Trinajstić information content (AvgIpc) is 2.90. The minimum Gasteiger partial charge on any atom is -0.455 e. The maximum atomic E-state index is 12.3. The zero-order valence-corrected chi connectivity index (χ0v) is 15.4. The Morgan fingerprint density at radius 3 is 2.50 bits per heavy atom. The summed E-state index contributed by atoms with van der Waals surface area (Å²) >= 11 is 0. The van der Waals surface area contributed by atoms with E-state index in [-0.39, 0.29) is 24.0 Å². The van der Waals surface area contributed by atoms with Gasteiger partial charge in [-0.25, -0.2) is 8.42 Å². The quantitative estimate of drug-likeness (QED) is 0.812. The molecular formula is C19H22N2O4S. The fourth-order valence-electron chi connectivity index (χ4n) is 2.91. The van der Waals surface area contributed by atoms with Crippen LogP contribution in [0.4, 0.5) is 5.69 Å². The lowest BCUT2D eigenvalue weighted by atomic mass is 10.0. The molecule has 26 heavy (non-hydrogen) atoms. The molecule has 0 bridgehead atoms. The van der Waals surface area contributed by atoms with Gasteiger partial charge < -0.3 is 15.4 Å². The van der Waals surface area contributed by atoms with Gasteiger partial charge in [0.25, 0.3) is 0 Å². The van der Waals surface area contributed by atoms with Gasteiger partial charge in [0.15, 0.2) is 15.6 Å². The van der Waals surface area contributed by atoms with Crippen molar-refractivity contribution in [3.05, 3.63) is 54.6 Å². The van der Waals surface area contributed by atoms with Gasteiger partial charge in [-0.15, -0.1) is 0 Å². The molecule has 0 saturated carbocycles. The number of para-hydroxylation sites is 3. The van der Waals surface area contributed by atoms with Gasteiger partial charge in [0, 0.05) is 5.54 Å². The normalized spacial score (nSPS) is 21.3. The molecule has 138 valence electrons. The second-order valence-corrected chi connectivity index (χ2v) is 8.90. The lowest BCUT2D eigenvalue weighted by Gasteiger charge is -2.23. The predicted octanol–water partition coefficient (Wildman–Crippen LogP) is 2.58. The summed E-state index contributed by atoms with van der Waals surface area (Å²) in [7, 11) is -3.02. The summed E-state index contributed by atoms with van der Waals surface area (Å²) in [5.41, 5.74) is 0.00306. The standard InChI is InChI=1S/C19H22N2O4S/c1-19(11-12-26(23,24)14-19)20-13-18(22)21-16-9-5-6-10-17(16)25-15-7-3-2-4-8-15/h2-10,20H,11-14H2,1H3,(H,21,22)/t19-/m0/s1. The van der Waals surface area contributed by atoms with Crippen LogP contribution in [-0.2, 0) is 14.6 Å². The summed E-state index contributed by atoms with van der Waals surface area (Å²) in [5, 5.41) is 5.89. The van der Waals surface area contributed by atoms with Crippen molar-refractivity contribution in [3.63, 3.8) is 0 Å². The third kappa shape index (κ3) is 4.83. The largest absolute Gasteiger partial charge is 0.455 e. The smallest absolute Gasteiger partial charge is 0.238 e. The number of hydrogen-bond donors (Lipinski definition) is 2. The third-order valence-electron chi connectivity index (χ3n) is 4.31. The van der Waals surface area contributed by atoms with Crippen LogP contribution < -0.4 is 15.4 Å². The first-order chi connectivity index (χ1) is 12.4. The number of ether oxygens (including phenoxy) is 1. The highest BCUT2D eigenvalue weighted by Crippen LogP contribution is 2.29. The molecule has 6 nitrogen and oxygen atoms in total. The Bertz CT molecular complexity index is 883. The van der Waals surface area contributed by atoms with Gasteiger partial charge in [-0.05, 0) is 37.6 Å². The fourth-order valence-corrected chi connectivity index (χ4v) is 5.04. The van der Waals surface area contributed by atoms with E-state index >= 15 is 0 Å². The van der Waals surface area contributed by atoms with Crippen molar-refractivity contribution in [2.24, 2.45) is 0 Å². The SMILES string of the molecule is C[C@]1(NCC(=O)Nc2ccccc2Oc2ccccc2)CCS(=O)(=O)C1. The predicted molar refractivity (Wildman–Crippen MR) is 101 cm³/mol. The maximum absolute atomic E-state index is 12.3. The Labute approximate surface area is 153 Å². The van der Waals surface area contributed by atoms with E-state index in [2.05, 4.69) is 10.6 Å². The molecule has 0 spiro atoms. The molecule has 7 heteroatoms. The molecule has 0 radical (unpaired) electrons. The van der Waals surface area contributed by atoms with Crippen molar-refractivity contribution in [2.45, 2.75) is 18.9 Å². The Hall–Kier alpha value is -2.38. The highest BCUT2D eigenvalue weighted by Gasteiger charge is 2.38. The molecule has 1 saturated heterocycles. The average molecular weight is 374 g/mol. The first-order valence-electron chi connectivity index (χ1n) is 8.43. The van der Waals surface area contributed by atoms with Crippen LogP contribution in [0, 0.1) is 0 Å². The van der Waals surface area contributed by atoms with Gasteiger partial charge in [0.05, 0.1) is 23.7 Å². The van der Waals surface area contributed by atoms with Crippen LogP contribution in [-0.4, -0.2) is 37.9 Å². The van der Waals surface area contributed by atoms with Crippen LogP contribution in [0.1, 0.15) is 13.3 Å². The second-order valence-electron chi connectivity index (χ2n) is 6.72. The molecule has 1 aliphatic rings. The first-order valence-corrected chi connectivity index (χ1v) is 10.2. The number of anilines is 1. The number of rotatable bonds is 6. The summed E-state index contributed by atoms with van der Waals surface area (Å²) in [5.74, 6) is 1.18. The molecule has 1 fully saturated rings. The molecule has 0 aromatic heterocycles. The van der Waals surface area contributed by atoms with Crippen molar-refractivity contribution < 1.29 is 17.9 Å². The van der Waals surface area contributed by atoms with Gasteiger partial charge in [-0.1, -0.05) is 30.3 Å². The number of carbonyl (C=O) groups is 1. The van der Waals surface area contributed by atoms with E-state index in [1.54, 1.807) is 12.1 Å². The van der Waals surface area contributed by atoms with Gasteiger partial charge in [-0.2, -0.15) is 0 Å². The van der Waals surface area contributed by atoms with E-state index in [9.17, 15) is 13.2 Å². The Morgan fingerprint density at radius 1 is 1.12 bits per heavy atom. The van der Waals surface area contributed by atoms with Gasteiger partial charge in [-0.3, -0.25) is 4.79 Å². The minimum atomic E-state index is -3.02. The molecule has 3 rings (SSSR count). The number of amides is 1. The first kappa shape index (κ1) is 18.4. The maximum Gasteiger partial charge on any atom is 0.238 e. The minimum absolute atomic E-state index is 0.0334. The van der Waals surface area contributed by atoms with Crippen LogP contribution in [0.3, 0.4) is 0 Å². The highest BCUT2D eigenvalue weighted by atomic mass is 32.2. The van der Waals surface area contributed by atoms with Gasteiger partial charge in [0.1, 0.15) is 5.75 Å². The number of sulfone groups is 1.